The summed E-state index contributed by atoms with van der Waals surface area (Å²) in [6.45, 7) is 37.1. The van der Waals surface area contributed by atoms with Gasteiger partial charge in [-0.05, 0) is 155 Å². The monoisotopic (exact) mass is 960 g/mol. The molecule has 0 fully saturated rings. The summed E-state index contributed by atoms with van der Waals surface area (Å²) in [5.74, 6) is 2.40. The maximum Gasteiger partial charge on any atom is 0.256 e. The van der Waals surface area contributed by atoms with Crippen molar-refractivity contribution in [2.45, 2.75) is 150 Å². The number of anilines is 9. The van der Waals surface area contributed by atoms with Crippen LogP contribution in [0.4, 0.5) is 51.7 Å². The van der Waals surface area contributed by atoms with Gasteiger partial charge in [0.1, 0.15) is 11.6 Å². The quantitative estimate of drug-likeness (QED) is 0.161. The van der Waals surface area contributed by atoms with Crippen LogP contribution in [0.1, 0.15) is 151 Å². The van der Waals surface area contributed by atoms with Gasteiger partial charge in [-0.15, -0.1) is 0 Å². The second-order valence-electron chi connectivity index (χ2n) is 26.9. The van der Waals surface area contributed by atoms with Crippen LogP contribution in [0.25, 0.3) is 10.8 Å². The number of hydrogen-bond donors (Lipinski definition) is 0. The lowest BCUT2D eigenvalue weighted by Crippen LogP contribution is -2.62. The van der Waals surface area contributed by atoms with Crippen LogP contribution in [0.3, 0.4) is 0 Å². The minimum absolute atomic E-state index is 0.0101. The molecule has 0 radical (unpaired) electrons. The molecule has 1 aromatic heterocycles. The van der Waals surface area contributed by atoms with Gasteiger partial charge in [0.2, 0.25) is 5.95 Å². The molecule has 73 heavy (non-hydrogen) atoms. The van der Waals surface area contributed by atoms with Crippen LogP contribution in [0.15, 0.2) is 146 Å². The highest BCUT2D eigenvalue weighted by atomic mass is 15.3. The molecule has 0 saturated carbocycles. The highest BCUT2D eigenvalue weighted by Gasteiger charge is 2.47. The van der Waals surface area contributed by atoms with E-state index in [1.165, 1.54) is 55.1 Å². The molecule has 0 N–H and O–H groups in total. The van der Waals surface area contributed by atoms with Gasteiger partial charge in [-0.25, -0.2) is 0 Å². The molecule has 0 saturated heterocycles. The Bertz CT molecular complexity index is 3330. The summed E-state index contributed by atoms with van der Waals surface area (Å²) in [6.07, 6.45) is 1.08. The van der Waals surface area contributed by atoms with Gasteiger partial charge in [0.05, 0.1) is 0 Å². The normalized spacial score (nSPS) is 15.8. The molecule has 0 unspecified atom stereocenters. The Hall–Kier alpha value is -6.66. The Labute approximate surface area is 436 Å². The molecule has 6 heteroatoms. The highest BCUT2D eigenvalue weighted by Crippen LogP contribution is 2.52. The first kappa shape index (κ1) is 48.6. The number of benzene rings is 7. The van der Waals surface area contributed by atoms with E-state index in [0.717, 1.165) is 57.6 Å². The van der Waals surface area contributed by atoms with Gasteiger partial charge in [-0.3, -0.25) is 14.7 Å². The van der Waals surface area contributed by atoms with E-state index >= 15 is 0 Å². The van der Waals surface area contributed by atoms with Crippen molar-refractivity contribution in [3.05, 3.63) is 179 Å². The van der Waals surface area contributed by atoms with Gasteiger partial charge < -0.3 is 0 Å². The van der Waals surface area contributed by atoms with Crippen LogP contribution in [0.2, 0.25) is 0 Å². The number of aromatic nitrogens is 2. The van der Waals surface area contributed by atoms with Crippen molar-refractivity contribution in [1.29, 1.82) is 0 Å². The summed E-state index contributed by atoms with van der Waals surface area (Å²) in [7, 11) is 0. The minimum atomic E-state index is -0.152. The smallest absolute Gasteiger partial charge is 0.256 e. The number of rotatable bonds is 5. The fourth-order valence-electron chi connectivity index (χ4n) is 12.3. The van der Waals surface area contributed by atoms with Crippen LogP contribution in [0.5, 0.6) is 0 Å². The molecule has 0 spiro atoms. The predicted molar refractivity (Wildman–Crippen MR) is 314 cm³/mol. The summed E-state index contributed by atoms with van der Waals surface area (Å²) in [5, 5.41) is 2.36. The van der Waals surface area contributed by atoms with Gasteiger partial charge in [0.15, 0.2) is 0 Å². The lowest BCUT2D eigenvalue weighted by atomic mass is 9.33. The van der Waals surface area contributed by atoms with E-state index in [2.05, 4.69) is 271 Å². The summed E-state index contributed by atoms with van der Waals surface area (Å²) >= 11 is 0. The summed E-state index contributed by atoms with van der Waals surface area (Å²) in [6, 6.07) is 55.5. The fourth-order valence-corrected chi connectivity index (χ4v) is 12.3. The van der Waals surface area contributed by atoms with E-state index in [0.29, 0.717) is 5.95 Å². The zero-order chi connectivity index (χ0) is 51.9. The van der Waals surface area contributed by atoms with Crippen molar-refractivity contribution in [2.24, 2.45) is 0 Å². The Kier molecular flexibility index (Phi) is 10.9. The van der Waals surface area contributed by atoms with Gasteiger partial charge in [-0.1, -0.05) is 196 Å². The second-order valence-corrected chi connectivity index (χ2v) is 26.9. The molecular formula is C67H74BN5. The van der Waals surface area contributed by atoms with Crippen LogP contribution in [0, 0.1) is 0 Å². The number of hydrogen-bond acceptors (Lipinski definition) is 5. The van der Waals surface area contributed by atoms with E-state index < -0.39 is 0 Å². The van der Waals surface area contributed by atoms with Gasteiger partial charge in [-0.2, -0.15) is 9.97 Å². The molecule has 5 nitrogen and oxygen atoms in total. The first-order chi connectivity index (χ1) is 34.2. The first-order valence-electron chi connectivity index (χ1n) is 26.7. The fraction of sp³-hybridized carbons (Fsp3) is 0.343. The maximum absolute atomic E-state index is 6.03. The zero-order valence-corrected chi connectivity index (χ0v) is 46.4. The van der Waals surface area contributed by atoms with Crippen molar-refractivity contribution in [2.75, 3.05) is 14.7 Å². The van der Waals surface area contributed by atoms with E-state index in [1.54, 1.807) is 0 Å². The Morgan fingerprint density at radius 2 is 0.863 bits per heavy atom. The second kappa shape index (κ2) is 16.4. The number of nitrogens with zero attached hydrogens (tertiary/aromatic N) is 5. The first-order valence-corrected chi connectivity index (χ1v) is 26.7. The van der Waals surface area contributed by atoms with Gasteiger partial charge in [0, 0.05) is 39.6 Å². The molecule has 3 aliphatic rings. The zero-order valence-electron chi connectivity index (χ0n) is 46.4. The summed E-state index contributed by atoms with van der Waals surface area (Å²) in [5.41, 5.74) is 17.9. The molecular weight excluding hydrogens is 886 g/mol. The minimum Gasteiger partial charge on any atom is -0.296 e. The van der Waals surface area contributed by atoms with E-state index in [4.69, 9.17) is 9.97 Å². The van der Waals surface area contributed by atoms with Crippen molar-refractivity contribution < 1.29 is 0 Å². The molecule has 0 atom stereocenters. The predicted octanol–water partition coefficient (Wildman–Crippen LogP) is 16.3. The molecule has 8 aromatic rings. The third kappa shape index (κ3) is 8.24. The van der Waals surface area contributed by atoms with Gasteiger partial charge >= 0.3 is 0 Å². The molecule has 0 bridgehead atoms. The Morgan fingerprint density at radius 1 is 0.438 bits per heavy atom. The van der Waals surface area contributed by atoms with E-state index in [9.17, 15) is 0 Å². The van der Waals surface area contributed by atoms with Gasteiger partial charge in [0.25, 0.3) is 6.71 Å². The van der Waals surface area contributed by atoms with Crippen molar-refractivity contribution >= 4 is 85.6 Å². The summed E-state index contributed by atoms with van der Waals surface area (Å²) < 4.78 is 0. The Morgan fingerprint density at radius 3 is 1.34 bits per heavy atom. The molecule has 1 aliphatic carbocycles. The molecule has 2 aliphatic heterocycles. The Balaban J connectivity index is 1.28. The van der Waals surface area contributed by atoms with Crippen LogP contribution in [-0.2, 0) is 32.5 Å². The molecule has 370 valence electrons. The largest absolute Gasteiger partial charge is 0.296 e. The lowest BCUT2D eigenvalue weighted by molar-refractivity contribution is 0.403. The highest BCUT2D eigenvalue weighted by molar-refractivity contribution is 7.00. The molecule has 11 rings (SSSR count). The van der Waals surface area contributed by atoms with Crippen molar-refractivity contribution in [3.63, 3.8) is 0 Å². The van der Waals surface area contributed by atoms with Crippen LogP contribution >= 0.6 is 0 Å². The van der Waals surface area contributed by atoms with E-state index in [1.807, 2.05) is 0 Å². The molecule has 7 aromatic carbocycles. The van der Waals surface area contributed by atoms with Crippen LogP contribution in [-0.4, -0.2) is 16.7 Å². The third-order valence-electron chi connectivity index (χ3n) is 16.3. The topological polar surface area (TPSA) is 35.5 Å². The standard InChI is InChI=1S/C67H74BN5/c1-62(2,3)44-22-29-48(30-23-44)72-56-35-26-46(64(7,8)9)38-54(56)68-55-39-47(65(10,11)12)27-36-57(55)73(49-31-24-45(25-32-49)63(4,5)6)60-58(68)59(72)69-61(70-60)71(50-28-21-42-19-17-18-20-43(42)37-50)51-33-34-52-53(40-51)67(15,16)41-66(52,13)14/h17-40H,41H2,1-16H3. The molecule has 3 heterocycles. The van der Waals surface area contributed by atoms with Crippen molar-refractivity contribution in [3.8, 4) is 0 Å². The maximum atomic E-state index is 6.03. The van der Waals surface area contributed by atoms with E-state index in [-0.39, 0.29) is 39.2 Å². The molecule has 0 amide bonds. The van der Waals surface area contributed by atoms with Crippen molar-refractivity contribution in [1.82, 2.24) is 9.97 Å². The average Bonchev–Trinajstić information content (AvgIpc) is 3.51. The summed E-state index contributed by atoms with van der Waals surface area (Å²) in [4.78, 5) is 19.3. The average molecular weight is 960 g/mol. The third-order valence-corrected chi connectivity index (χ3v) is 16.3. The lowest BCUT2D eigenvalue weighted by Gasteiger charge is -2.44. The number of fused-ring (bicyclic) bond motifs is 6. The van der Waals surface area contributed by atoms with Crippen LogP contribution < -0.4 is 31.1 Å². The SMILES string of the molecule is CC(C)(C)c1ccc(N2c3ccc(C(C)(C)C)cc3B3c4cc(C(C)(C)C)ccc4N(c4ccc(C(C)(C)C)cc4)c4nc(N(c5ccc6c(c5)C(C)(C)CC6(C)C)c5ccc6ccccc6c5)nc2c43)cc1.